The molecule has 1 amide bonds. The van der Waals surface area contributed by atoms with Gasteiger partial charge in [-0.1, -0.05) is 29.8 Å². The van der Waals surface area contributed by atoms with Crippen molar-refractivity contribution in [2.75, 3.05) is 5.32 Å². The maximum atomic E-state index is 12.7. The molecule has 0 aliphatic heterocycles. The van der Waals surface area contributed by atoms with Gasteiger partial charge in [-0.15, -0.1) is 0 Å². The van der Waals surface area contributed by atoms with Crippen molar-refractivity contribution in [3.8, 4) is 6.07 Å². The summed E-state index contributed by atoms with van der Waals surface area (Å²) in [6, 6.07) is 11.3. The number of carboxylic acid groups (broad SMARTS) is 1. The molecule has 0 saturated carbocycles. The molecule has 3 aromatic rings. The zero-order chi connectivity index (χ0) is 20.4. The van der Waals surface area contributed by atoms with Gasteiger partial charge in [0.05, 0.1) is 16.0 Å². The minimum Gasteiger partial charge on any atom is -0.476 e. The topological polar surface area (TPSA) is 125 Å². The zero-order valence-corrected chi connectivity index (χ0v) is 15.3. The summed E-state index contributed by atoms with van der Waals surface area (Å²) in [5, 5.41) is 25.3. The van der Waals surface area contributed by atoms with E-state index in [1.165, 1.54) is 37.3 Å². The minimum absolute atomic E-state index is 0.149. The fourth-order valence-corrected chi connectivity index (χ4v) is 2.89. The number of nitrogens with zero attached hydrogens (tertiary/aromatic N) is 3. The van der Waals surface area contributed by atoms with Crippen LogP contribution < -0.4 is 10.9 Å². The number of aromatic nitrogens is 2. The lowest BCUT2D eigenvalue weighted by Gasteiger charge is -2.16. The van der Waals surface area contributed by atoms with Gasteiger partial charge in [0.2, 0.25) is 5.91 Å². The molecule has 1 unspecified atom stereocenters. The molecule has 0 aliphatic carbocycles. The summed E-state index contributed by atoms with van der Waals surface area (Å²) in [7, 11) is 0. The fourth-order valence-electron chi connectivity index (χ4n) is 2.67. The van der Waals surface area contributed by atoms with Gasteiger partial charge in [0.1, 0.15) is 12.1 Å². The van der Waals surface area contributed by atoms with Crippen LogP contribution in [0, 0.1) is 11.3 Å². The number of nitriles is 1. The summed E-state index contributed by atoms with van der Waals surface area (Å²) < 4.78 is 0.840. The van der Waals surface area contributed by atoms with Crippen LogP contribution in [0.5, 0.6) is 0 Å². The van der Waals surface area contributed by atoms with Crippen molar-refractivity contribution in [2.24, 2.45) is 0 Å². The Morgan fingerprint density at radius 1 is 1.25 bits per heavy atom. The first kappa shape index (κ1) is 19.1. The third-order valence-corrected chi connectivity index (χ3v) is 4.45. The first-order chi connectivity index (χ1) is 13.3. The highest BCUT2D eigenvalue weighted by Gasteiger charge is 2.22. The molecule has 9 heteroatoms. The number of carbonyl (C=O) groups excluding carboxylic acids is 1. The van der Waals surface area contributed by atoms with E-state index in [0.717, 1.165) is 4.68 Å². The van der Waals surface area contributed by atoms with E-state index in [0.29, 0.717) is 5.69 Å². The van der Waals surface area contributed by atoms with Crippen LogP contribution in [0.3, 0.4) is 0 Å². The number of rotatable bonds is 4. The van der Waals surface area contributed by atoms with Crippen molar-refractivity contribution in [2.45, 2.75) is 13.0 Å². The monoisotopic (exact) mass is 396 g/mol. The molecule has 0 aliphatic rings. The number of hydrogen-bond donors (Lipinski definition) is 2. The van der Waals surface area contributed by atoms with E-state index in [1.807, 2.05) is 6.07 Å². The summed E-state index contributed by atoms with van der Waals surface area (Å²) >= 11 is 5.95. The van der Waals surface area contributed by atoms with Crippen molar-refractivity contribution in [1.82, 2.24) is 9.78 Å². The van der Waals surface area contributed by atoms with Gasteiger partial charge < -0.3 is 10.4 Å². The van der Waals surface area contributed by atoms with Crippen LogP contribution in [0.25, 0.3) is 10.8 Å². The Labute approximate surface area is 163 Å². The van der Waals surface area contributed by atoms with Gasteiger partial charge in [-0.3, -0.25) is 9.59 Å². The average molecular weight is 397 g/mol. The number of carbonyl (C=O) groups is 2. The highest BCUT2D eigenvalue weighted by atomic mass is 35.5. The lowest BCUT2D eigenvalue weighted by molar-refractivity contribution is -0.119. The number of aromatic carboxylic acids is 1. The SMILES string of the molecule is CC(C(=O)Nc1ccc(C#N)c(Cl)c1)n1nc(C(=O)O)c2ccccc2c1=O. The Morgan fingerprint density at radius 2 is 1.93 bits per heavy atom. The number of hydrogen-bond acceptors (Lipinski definition) is 5. The maximum Gasteiger partial charge on any atom is 0.357 e. The number of halogens is 1. The summed E-state index contributed by atoms with van der Waals surface area (Å²) in [4.78, 5) is 36.8. The summed E-state index contributed by atoms with van der Waals surface area (Å²) in [5.74, 6) is -1.90. The van der Waals surface area contributed by atoms with Gasteiger partial charge in [0.15, 0.2) is 5.69 Å². The number of carboxylic acids is 1. The van der Waals surface area contributed by atoms with E-state index in [-0.39, 0.29) is 27.1 Å². The summed E-state index contributed by atoms with van der Waals surface area (Å²) in [5.41, 5.74) is -0.322. The molecule has 1 atom stereocenters. The number of benzene rings is 2. The van der Waals surface area contributed by atoms with Crippen LogP contribution in [0.2, 0.25) is 5.02 Å². The first-order valence-corrected chi connectivity index (χ1v) is 8.46. The molecule has 0 bridgehead atoms. The van der Waals surface area contributed by atoms with Gasteiger partial charge in [-0.2, -0.15) is 10.4 Å². The number of anilines is 1. The predicted octanol–water partition coefficient (Wildman–Crippen LogP) is 2.82. The molecule has 2 N–H and O–H groups in total. The standard InChI is InChI=1S/C19H13ClN4O4/c1-10(17(25)22-12-7-6-11(9-21)15(20)8-12)24-18(26)14-5-3-2-4-13(14)16(23-24)19(27)28/h2-8,10H,1H3,(H,22,25)(H,27,28). The highest BCUT2D eigenvalue weighted by Crippen LogP contribution is 2.21. The summed E-state index contributed by atoms with van der Waals surface area (Å²) in [6.45, 7) is 1.43. The van der Waals surface area contributed by atoms with Crippen LogP contribution in [-0.2, 0) is 4.79 Å². The largest absolute Gasteiger partial charge is 0.476 e. The van der Waals surface area contributed by atoms with E-state index >= 15 is 0 Å². The quantitative estimate of drug-likeness (QED) is 0.698. The normalized spacial score (nSPS) is 11.6. The van der Waals surface area contributed by atoms with Gasteiger partial charge in [-0.25, -0.2) is 9.48 Å². The van der Waals surface area contributed by atoms with Gasteiger partial charge in [0, 0.05) is 11.1 Å². The Balaban J connectivity index is 2.00. The molecule has 1 heterocycles. The zero-order valence-electron chi connectivity index (χ0n) is 14.5. The number of nitrogens with one attached hydrogen (secondary N) is 1. The average Bonchev–Trinajstić information content (AvgIpc) is 2.68. The van der Waals surface area contributed by atoms with E-state index in [2.05, 4.69) is 10.4 Å². The first-order valence-electron chi connectivity index (χ1n) is 8.09. The third kappa shape index (κ3) is 3.43. The van der Waals surface area contributed by atoms with Crippen LogP contribution in [0.4, 0.5) is 5.69 Å². The van der Waals surface area contributed by atoms with Crippen LogP contribution in [0.1, 0.15) is 29.0 Å². The Hall–Kier alpha value is -3.70. The highest BCUT2D eigenvalue weighted by molar-refractivity contribution is 6.32. The van der Waals surface area contributed by atoms with Crippen molar-refractivity contribution in [3.63, 3.8) is 0 Å². The number of fused-ring (bicyclic) bond motifs is 1. The van der Waals surface area contributed by atoms with E-state index in [9.17, 15) is 19.5 Å². The smallest absolute Gasteiger partial charge is 0.357 e. The van der Waals surface area contributed by atoms with Crippen LogP contribution in [0.15, 0.2) is 47.3 Å². The number of amides is 1. The lowest BCUT2D eigenvalue weighted by Crippen LogP contribution is -2.34. The van der Waals surface area contributed by atoms with E-state index in [4.69, 9.17) is 16.9 Å². The molecule has 1 aromatic heterocycles. The van der Waals surface area contributed by atoms with Gasteiger partial charge in [0.25, 0.3) is 5.56 Å². The fraction of sp³-hybridized carbons (Fsp3) is 0.105. The Bertz CT molecular complexity index is 1210. The maximum absolute atomic E-state index is 12.7. The van der Waals surface area contributed by atoms with E-state index in [1.54, 1.807) is 12.1 Å². The molecule has 0 saturated heterocycles. The lowest BCUT2D eigenvalue weighted by atomic mass is 10.1. The molecule has 140 valence electrons. The second kappa shape index (κ2) is 7.50. The van der Waals surface area contributed by atoms with Crippen molar-refractivity contribution >= 4 is 39.9 Å². The van der Waals surface area contributed by atoms with E-state index < -0.39 is 23.5 Å². The predicted molar refractivity (Wildman–Crippen MR) is 102 cm³/mol. The molecule has 0 fully saturated rings. The molecule has 3 rings (SSSR count). The van der Waals surface area contributed by atoms with Crippen LogP contribution in [-0.4, -0.2) is 26.8 Å². The molecule has 2 aromatic carbocycles. The minimum atomic E-state index is -1.31. The Morgan fingerprint density at radius 3 is 2.54 bits per heavy atom. The Kier molecular flexibility index (Phi) is 5.11. The molecule has 0 spiro atoms. The molecular weight excluding hydrogens is 384 g/mol. The molecule has 8 nitrogen and oxygen atoms in total. The van der Waals surface area contributed by atoms with Crippen molar-refractivity contribution in [3.05, 3.63) is 69.1 Å². The van der Waals surface area contributed by atoms with Gasteiger partial charge >= 0.3 is 5.97 Å². The molecule has 0 radical (unpaired) electrons. The summed E-state index contributed by atoms with van der Waals surface area (Å²) in [6.07, 6.45) is 0. The molecule has 28 heavy (non-hydrogen) atoms. The molecular formula is C19H13ClN4O4. The van der Waals surface area contributed by atoms with Crippen LogP contribution >= 0.6 is 11.6 Å². The van der Waals surface area contributed by atoms with Crippen molar-refractivity contribution < 1.29 is 14.7 Å². The second-order valence-electron chi connectivity index (χ2n) is 5.92. The second-order valence-corrected chi connectivity index (χ2v) is 6.33. The third-order valence-electron chi connectivity index (χ3n) is 4.13. The van der Waals surface area contributed by atoms with Crippen molar-refractivity contribution in [1.29, 1.82) is 5.26 Å². The van der Waals surface area contributed by atoms with Gasteiger partial charge in [-0.05, 0) is 31.2 Å².